The van der Waals surface area contributed by atoms with Gasteiger partial charge in [-0.05, 0) is 98.8 Å². The largest absolute Gasteiger partial charge is 0.494 e. The van der Waals surface area contributed by atoms with Gasteiger partial charge in [-0.1, -0.05) is 134 Å². The zero-order valence-electron chi connectivity index (χ0n) is 37.5. The monoisotopic (exact) mass is 829 g/mol. The highest BCUT2D eigenvalue weighted by Gasteiger charge is 2.23. The molecule has 4 N–H and O–H groups in total. The lowest BCUT2D eigenvalue weighted by molar-refractivity contribution is -0.116. The van der Waals surface area contributed by atoms with Gasteiger partial charge in [0.1, 0.15) is 18.1 Å². The van der Waals surface area contributed by atoms with Gasteiger partial charge in [0.05, 0.1) is 12.3 Å². The molecular weight excluding hydrogens is 757 g/mol. The van der Waals surface area contributed by atoms with E-state index in [0.717, 1.165) is 90.6 Å². The second-order valence-electron chi connectivity index (χ2n) is 16.7. The molecule has 0 aliphatic heterocycles. The fourth-order valence-electron chi connectivity index (χ4n) is 7.66. The van der Waals surface area contributed by atoms with Crippen molar-refractivity contribution in [3.63, 3.8) is 0 Å². The van der Waals surface area contributed by atoms with Gasteiger partial charge in [0.2, 0.25) is 12.4 Å². The molecule has 1 heterocycles. The van der Waals surface area contributed by atoms with Crippen LogP contribution in [-0.2, 0) is 16.8 Å². The lowest BCUT2D eigenvalue weighted by Gasteiger charge is -2.29. The van der Waals surface area contributed by atoms with E-state index >= 15 is 0 Å². The van der Waals surface area contributed by atoms with Gasteiger partial charge in [0, 0.05) is 46.8 Å². The third-order valence-corrected chi connectivity index (χ3v) is 11.6. The maximum absolute atomic E-state index is 12.2. The maximum Gasteiger partial charge on any atom is 0.220 e. The van der Waals surface area contributed by atoms with Crippen molar-refractivity contribution in [3.8, 4) is 11.5 Å². The Bertz CT molecular complexity index is 1940. The molecule has 1 aromatic heterocycles. The zero-order chi connectivity index (χ0) is 43.9. The number of aryl methyl sites for hydroxylation is 1. The van der Waals surface area contributed by atoms with Gasteiger partial charge in [-0.15, -0.1) is 0 Å². The van der Waals surface area contributed by atoms with Crippen molar-refractivity contribution in [2.45, 2.75) is 136 Å². The fourth-order valence-corrected chi connectivity index (χ4v) is 7.66. The molecule has 9 heteroatoms. The third kappa shape index (κ3) is 16.1. The van der Waals surface area contributed by atoms with E-state index in [1.165, 1.54) is 75.3 Å². The number of allylic oxidation sites excluding steroid dienone is 1. The molecule has 0 spiro atoms. The molecule has 1 atom stereocenters. The van der Waals surface area contributed by atoms with Crippen LogP contribution in [0, 0.1) is 6.92 Å². The number of nitrogens with two attached hydrogens (primary N) is 1. The van der Waals surface area contributed by atoms with Gasteiger partial charge >= 0.3 is 0 Å². The van der Waals surface area contributed by atoms with Crippen LogP contribution in [0.3, 0.4) is 0 Å². The van der Waals surface area contributed by atoms with Crippen molar-refractivity contribution in [1.82, 2.24) is 20.2 Å². The predicted molar refractivity (Wildman–Crippen MR) is 254 cm³/mol. The summed E-state index contributed by atoms with van der Waals surface area (Å²) in [7, 11) is 0. The molecule has 1 amide bonds. The summed E-state index contributed by atoms with van der Waals surface area (Å²) in [6, 6.07) is 24.8. The Morgan fingerprint density at radius 1 is 0.820 bits per heavy atom. The summed E-state index contributed by atoms with van der Waals surface area (Å²) < 4.78 is 12.0. The quantitative estimate of drug-likeness (QED) is 0.0339. The van der Waals surface area contributed by atoms with Crippen LogP contribution < -0.4 is 25.8 Å². The molecular formula is C52H72N6O3. The van der Waals surface area contributed by atoms with Crippen molar-refractivity contribution >= 4 is 23.7 Å². The molecule has 0 bridgehead atoms. The number of hydrogen-bond donors (Lipinski definition) is 3. The minimum atomic E-state index is -0.162. The van der Waals surface area contributed by atoms with E-state index in [1.807, 2.05) is 12.1 Å². The van der Waals surface area contributed by atoms with E-state index in [2.05, 4.69) is 123 Å². The van der Waals surface area contributed by atoms with Crippen LogP contribution >= 0.6 is 0 Å². The second-order valence-corrected chi connectivity index (χ2v) is 16.7. The Balaban J connectivity index is 1.01. The van der Waals surface area contributed by atoms with E-state index in [1.54, 1.807) is 23.4 Å². The minimum absolute atomic E-state index is 0.00855. The van der Waals surface area contributed by atoms with Crippen LogP contribution in [0.4, 0.5) is 11.6 Å². The molecule has 0 fully saturated rings. The molecule has 0 radical (unpaired) electrons. The summed E-state index contributed by atoms with van der Waals surface area (Å²) in [6.07, 6.45) is 20.8. The number of amides is 1. The molecule has 328 valence electrons. The van der Waals surface area contributed by atoms with Crippen LogP contribution in [0.2, 0.25) is 0 Å². The zero-order valence-corrected chi connectivity index (χ0v) is 37.5. The van der Waals surface area contributed by atoms with Gasteiger partial charge in [-0.3, -0.25) is 4.79 Å². The van der Waals surface area contributed by atoms with Crippen molar-refractivity contribution < 1.29 is 14.3 Å². The van der Waals surface area contributed by atoms with Crippen molar-refractivity contribution in [2.75, 3.05) is 24.2 Å². The molecule has 9 nitrogen and oxygen atoms in total. The molecule has 0 saturated heterocycles. The Kier molecular flexibility index (Phi) is 20.4. The lowest BCUT2D eigenvalue weighted by Crippen LogP contribution is -2.31. The summed E-state index contributed by atoms with van der Waals surface area (Å²) >= 11 is 0. The minimum Gasteiger partial charge on any atom is -0.494 e. The highest BCUT2D eigenvalue weighted by Crippen LogP contribution is 2.34. The number of carbonyl (C=O) groups excluding carboxylic acids is 1. The number of rotatable bonds is 31. The molecule has 4 rings (SSSR count). The molecule has 0 saturated carbocycles. The number of nitrogens with zero attached hydrogens (tertiary/aromatic N) is 3. The van der Waals surface area contributed by atoms with Crippen molar-refractivity contribution in [1.29, 1.82) is 0 Å². The Labute approximate surface area is 367 Å². The molecule has 1 unspecified atom stereocenters. The first-order valence-corrected chi connectivity index (χ1v) is 22.4. The number of ether oxygens (including phenoxy) is 2. The smallest absolute Gasteiger partial charge is 0.220 e. The Morgan fingerprint density at radius 2 is 1.39 bits per heavy atom. The molecule has 0 aliphatic carbocycles. The van der Waals surface area contributed by atoms with Crippen molar-refractivity contribution in [2.24, 2.45) is 0 Å². The SMILES string of the molecule is C=CNC(=C)CCC(C)N(C=O)C(=C)c1c(C)cccc1NCCCCCCCCCCCCCCOc1ccc(C(C)(C)c2ccc(OCc3ccnc(N)n3)cc2)cc1. The van der Waals surface area contributed by atoms with E-state index in [0.29, 0.717) is 6.61 Å². The number of nitrogens with one attached hydrogen (secondary N) is 2. The van der Waals surface area contributed by atoms with Gasteiger partial charge < -0.3 is 30.7 Å². The number of hydrogen-bond acceptors (Lipinski definition) is 8. The van der Waals surface area contributed by atoms with Gasteiger partial charge in [-0.25, -0.2) is 9.97 Å². The summed E-state index contributed by atoms with van der Waals surface area (Å²) in [5.41, 5.74) is 13.5. The highest BCUT2D eigenvalue weighted by atomic mass is 16.5. The number of aromatic nitrogens is 2. The molecule has 61 heavy (non-hydrogen) atoms. The molecule has 3 aromatic carbocycles. The fraction of sp³-hybridized carbons (Fsp3) is 0.442. The topological polar surface area (TPSA) is 115 Å². The highest BCUT2D eigenvalue weighted by molar-refractivity contribution is 5.82. The Morgan fingerprint density at radius 3 is 1.97 bits per heavy atom. The van der Waals surface area contributed by atoms with Crippen LogP contribution in [-0.4, -0.2) is 40.5 Å². The van der Waals surface area contributed by atoms with Crippen LogP contribution in [0.15, 0.2) is 111 Å². The van der Waals surface area contributed by atoms with Crippen LogP contribution in [0.25, 0.3) is 5.70 Å². The third-order valence-electron chi connectivity index (χ3n) is 11.6. The van der Waals surface area contributed by atoms with Gasteiger partial charge in [0.25, 0.3) is 0 Å². The number of anilines is 2. The van der Waals surface area contributed by atoms with E-state index in [4.69, 9.17) is 15.2 Å². The van der Waals surface area contributed by atoms with E-state index in [-0.39, 0.29) is 17.4 Å². The maximum atomic E-state index is 12.2. The summed E-state index contributed by atoms with van der Waals surface area (Å²) in [5.74, 6) is 1.96. The van der Waals surface area contributed by atoms with E-state index < -0.39 is 0 Å². The Hall–Kier alpha value is -5.57. The summed E-state index contributed by atoms with van der Waals surface area (Å²) in [5, 5.41) is 6.67. The standard InChI is InChI=1S/C52H72N6O3/c1-8-54-41(3)24-25-42(4)58(39-59)43(5)50-40(2)22-21-23-49(50)55-35-19-17-15-13-11-9-10-12-14-16-18-20-37-60-47-30-26-44(27-31-47)52(6,7)45-28-32-48(33-29-45)61-38-46-34-36-56-51(53)57-46/h8,21-23,26-34,36,39,42,54-55H,1,3,5,9-20,24-25,35,37-38H2,2,4,6-7H3,(H2,53,56,57). The van der Waals surface area contributed by atoms with Gasteiger partial charge in [0.15, 0.2) is 0 Å². The number of unbranched alkanes of at least 4 members (excludes halogenated alkanes) is 11. The number of benzene rings is 3. The lowest BCUT2D eigenvalue weighted by atomic mass is 9.78. The predicted octanol–water partition coefficient (Wildman–Crippen LogP) is 12.3. The molecule has 4 aromatic rings. The number of carbonyl (C=O) groups is 1. The van der Waals surface area contributed by atoms with Gasteiger partial charge in [-0.2, -0.15) is 0 Å². The number of nitrogen functional groups attached to an aromatic ring is 1. The first-order chi connectivity index (χ1) is 29.5. The second kappa shape index (κ2) is 25.9. The van der Waals surface area contributed by atoms with E-state index in [9.17, 15) is 4.79 Å². The summed E-state index contributed by atoms with van der Waals surface area (Å²) in [6.45, 7) is 22.7. The van der Waals surface area contributed by atoms with Crippen LogP contribution in [0.1, 0.15) is 139 Å². The van der Waals surface area contributed by atoms with Crippen LogP contribution in [0.5, 0.6) is 11.5 Å². The summed E-state index contributed by atoms with van der Waals surface area (Å²) in [4.78, 5) is 22.0. The first kappa shape index (κ1) is 48.1. The molecule has 0 aliphatic rings. The van der Waals surface area contributed by atoms with Crippen molar-refractivity contribution in [3.05, 3.63) is 139 Å². The average molecular weight is 829 g/mol. The average Bonchev–Trinajstić information content (AvgIpc) is 3.25. The normalized spacial score (nSPS) is 11.7. The first-order valence-electron chi connectivity index (χ1n) is 22.4.